The number of hydrogen-bond acceptors (Lipinski definition) is 5. The summed E-state index contributed by atoms with van der Waals surface area (Å²) in [6.07, 6.45) is 0. The average molecular weight is 291 g/mol. The summed E-state index contributed by atoms with van der Waals surface area (Å²) in [7, 11) is -1.00. The topological polar surface area (TPSA) is 84.9 Å². The summed E-state index contributed by atoms with van der Waals surface area (Å²) in [6.45, 7) is 5.40. The molecule has 0 bridgehead atoms. The lowest BCUT2D eigenvalue weighted by Crippen LogP contribution is -2.35. The summed E-state index contributed by atoms with van der Waals surface area (Å²) in [4.78, 5) is 23.5. The van der Waals surface area contributed by atoms with E-state index in [0.717, 1.165) is 5.56 Å². The molecule has 0 radical (unpaired) electrons. The minimum atomic E-state index is -1.00. The molecular formula is C14H18BNO5. The van der Waals surface area contributed by atoms with Crippen molar-refractivity contribution >= 4 is 24.5 Å². The van der Waals surface area contributed by atoms with Crippen LogP contribution in [-0.4, -0.2) is 36.2 Å². The molecule has 2 N–H and O–H groups in total. The normalized spacial score (nSPS) is 13.8. The number of nitrogens with one attached hydrogen (secondary N) is 1. The highest BCUT2D eigenvalue weighted by Gasteiger charge is 2.28. The molecule has 0 fully saturated rings. The van der Waals surface area contributed by atoms with Crippen molar-refractivity contribution in [1.29, 1.82) is 0 Å². The van der Waals surface area contributed by atoms with Gasteiger partial charge in [-0.15, -0.1) is 0 Å². The van der Waals surface area contributed by atoms with Gasteiger partial charge in [0.25, 0.3) is 5.91 Å². The Morgan fingerprint density at radius 1 is 1.43 bits per heavy atom. The van der Waals surface area contributed by atoms with Crippen LogP contribution in [0.15, 0.2) is 18.2 Å². The van der Waals surface area contributed by atoms with E-state index >= 15 is 0 Å². The maximum atomic E-state index is 12.0. The van der Waals surface area contributed by atoms with Crippen molar-refractivity contribution in [3.8, 4) is 0 Å². The first-order valence-corrected chi connectivity index (χ1v) is 6.69. The van der Waals surface area contributed by atoms with Gasteiger partial charge in [-0.05, 0) is 43.9 Å². The predicted octanol–water partition coefficient (Wildman–Crippen LogP) is -0.0242. The molecule has 7 heteroatoms. The maximum Gasteiger partial charge on any atom is 0.491 e. The number of amides is 1. The number of ether oxygens (including phenoxy) is 1. The predicted molar refractivity (Wildman–Crippen MR) is 77.0 cm³/mol. The molecule has 6 nitrogen and oxygen atoms in total. The van der Waals surface area contributed by atoms with Crippen LogP contribution in [-0.2, 0) is 20.8 Å². The summed E-state index contributed by atoms with van der Waals surface area (Å²) in [5.74, 6) is -0.900. The van der Waals surface area contributed by atoms with E-state index in [9.17, 15) is 14.6 Å². The molecule has 0 saturated carbocycles. The standard InChI is InChI=1S/C14H18BNO5/c1-14(2,3)21-12(17)7-16-13(18)9-4-5-10-8-20-15(19)11(10)6-9/h4-6,19H,7-8H2,1-3H3,(H,16,18). The molecule has 1 amide bonds. The third kappa shape index (κ3) is 4.06. The lowest BCUT2D eigenvalue weighted by Gasteiger charge is -2.19. The van der Waals surface area contributed by atoms with Crippen molar-refractivity contribution in [3.63, 3.8) is 0 Å². The van der Waals surface area contributed by atoms with E-state index in [2.05, 4.69) is 5.32 Å². The highest BCUT2D eigenvalue weighted by atomic mass is 16.6. The second kappa shape index (κ2) is 5.87. The molecule has 0 spiro atoms. The van der Waals surface area contributed by atoms with Crippen LogP contribution in [0, 0.1) is 0 Å². The van der Waals surface area contributed by atoms with Gasteiger partial charge in [0.1, 0.15) is 12.1 Å². The third-order valence-corrected chi connectivity index (χ3v) is 2.88. The summed E-state index contributed by atoms with van der Waals surface area (Å²) in [5, 5.41) is 12.1. The van der Waals surface area contributed by atoms with Crippen molar-refractivity contribution < 1.29 is 24.0 Å². The smallest absolute Gasteiger partial charge is 0.459 e. The molecule has 1 aromatic rings. The molecule has 0 unspecified atom stereocenters. The van der Waals surface area contributed by atoms with E-state index in [1.165, 1.54) is 0 Å². The highest BCUT2D eigenvalue weighted by molar-refractivity contribution is 6.61. The Morgan fingerprint density at radius 3 is 2.81 bits per heavy atom. The minimum Gasteiger partial charge on any atom is -0.459 e. The molecule has 1 aliphatic rings. The van der Waals surface area contributed by atoms with Gasteiger partial charge in [0.2, 0.25) is 0 Å². The van der Waals surface area contributed by atoms with Crippen LogP contribution in [0.2, 0.25) is 0 Å². The molecule has 112 valence electrons. The molecule has 0 aliphatic carbocycles. The molecule has 21 heavy (non-hydrogen) atoms. The van der Waals surface area contributed by atoms with E-state index in [0.29, 0.717) is 17.6 Å². The summed E-state index contributed by atoms with van der Waals surface area (Å²) >= 11 is 0. The van der Waals surface area contributed by atoms with Gasteiger partial charge in [0, 0.05) is 5.56 Å². The molecule has 2 rings (SSSR count). The Labute approximate surface area is 123 Å². The Bertz CT molecular complexity index is 567. The summed E-state index contributed by atoms with van der Waals surface area (Å²) < 4.78 is 10.2. The van der Waals surface area contributed by atoms with Gasteiger partial charge in [0.15, 0.2) is 0 Å². The first kappa shape index (κ1) is 15.5. The zero-order chi connectivity index (χ0) is 15.6. The van der Waals surface area contributed by atoms with Gasteiger partial charge in [-0.25, -0.2) is 0 Å². The van der Waals surface area contributed by atoms with Gasteiger partial charge in [-0.1, -0.05) is 6.07 Å². The Kier molecular flexibility index (Phi) is 4.34. The van der Waals surface area contributed by atoms with Gasteiger partial charge in [-0.2, -0.15) is 0 Å². The number of hydrogen-bond donors (Lipinski definition) is 2. The van der Waals surface area contributed by atoms with E-state index in [4.69, 9.17) is 9.39 Å². The lowest BCUT2D eigenvalue weighted by atomic mass is 9.79. The maximum absolute atomic E-state index is 12.0. The molecular weight excluding hydrogens is 273 g/mol. The lowest BCUT2D eigenvalue weighted by molar-refractivity contribution is -0.153. The molecule has 0 aromatic heterocycles. The Balaban J connectivity index is 1.95. The van der Waals surface area contributed by atoms with E-state index in [1.807, 2.05) is 0 Å². The minimum absolute atomic E-state index is 0.202. The molecule has 1 aliphatic heterocycles. The number of fused-ring (bicyclic) bond motifs is 1. The van der Waals surface area contributed by atoms with Gasteiger partial charge in [0.05, 0.1) is 6.61 Å². The summed E-state index contributed by atoms with van der Waals surface area (Å²) in [5.41, 5.74) is 1.21. The van der Waals surface area contributed by atoms with Crippen LogP contribution in [0.3, 0.4) is 0 Å². The van der Waals surface area contributed by atoms with E-state index < -0.39 is 24.6 Å². The van der Waals surface area contributed by atoms with Gasteiger partial charge >= 0.3 is 13.1 Å². The van der Waals surface area contributed by atoms with Crippen LogP contribution in [0.5, 0.6) is 0 Å². The monoisotopic (exact) mass is 291 g/mol. The fraction of sp³-hybridized carbons (Fsp3) is 0.429. The van der Waals surface area contributed by atoms with Crippen LogP contribution in [0.4, 0.5) is 0 Å². The van der Waals surface area contributed by atoms with Crippen molar-refractivity contribution in [2.75, 3.05) is 6.54 Å². The van der Waals surface area contributed by atoms with E-state index in [-0.39, 0.29) is 6.54 Å². The van der Waals surface area contributed by atoms with Crippen molar-refractivity contribution in [2.45, 2.75) is 33.0 Å². The Hall–Kier alpha value is -1.86. The van der Waals surface area contributed by atoms with Crippen molar-refractivity contribution in [3.05, 3.63) is 29.3 Å². The number of rotatable bonds is 3. The first-order valence-electron chi connectivity index (χ1n) is 6.69. The quantitative estimate of drug-likeness (QED) is 0.604. The SMILES string of the molecule is CC(C)(C)OC(=O)CNC(=O)c1ccc2c(c1)B(O)OC2. The zero-order valence-corrected chi connectivity index (χ0v) is 12.3. The number of carbonyl (C=O) groups excluding carboxylic acids is 2. The average Bonchev–Trinajstić information content (AvgIpc) is 2.75. The van der Waals surface area contributed by atoms with Crippen LogP contribution in [0.25, 0.3) is 0 Å². The number of benzene rings is 1. The van der Waals surface area contributed by atoms with Crippen molar-refractivity contribution in [2.24, 2.45) is 0 Å². The largest absolute Gasteiger partial charge is 0.491 e. The second-order valence-corrected chi connectivity index (χ2v) is 5.85. The third-order valence-electron chi connectivity index (χ3n) is 2.88. The molecule has 1 heterocycles. The zero-order valence-electron chi connectivity index (χ0n) is 12.3. The fourth-order valence-electron chi connectivity index (χ4n) is 1.99. The first-order chi connectivity index (χ1) is 9.76. The Morgan fingerprint density at radius 2 is 2.14 bits per heavy atom. The van der Waals surface area contributed by atoms with Crippen LogP contribution < -0.4 is 10.8 Å². The molecule has 0 saturated heterocycles. The fourth-order valence-corrected chi connectivity index (χ4v) is 1.99. The second-order valence-electron chi connectivity index (χ2n) is 5.85. The molecule has 1 aromatic carbocycles. The summed E-state index contributed by atoms with van der Waals surface area (Å²) in [6, 6.07) is 4.93. The van der Waals surface area contributed by atoms with Gasteiger partial charge in [-0.3, -0.25) is 9.59 Å². The number of esters is 1. The molecule has 0 atom stereocenters. The van der Waals surface area contributed by atoms with Crippen molar-refractivity contribution in [1.82, 2.24) is 5.32 Å². The van der Waals surface area contributed by atoms with Crippen LogP contribution in [0.1, 0.15) is 36.7 Å². The van der Waals surface area contributed by atoms with Crippen LogP contribution >= 0.6 is 0 Å². The highest BCUT2D eigenvalue weighted by Crippen LogP contribution is 2.11. The van der Waals surface area contributed by atoms with Gasteiger partial charge < -0.3 is 19.7 Å². The number of carbonyl (C=O) groups is 2. The van der Waals surface area contributed by atoms with E-state index in [1.54, 1.807) is 39.0 Å².